The molecule has 1 radical (unpaired) electrons. The maximum Gasteiger partial charge on any atom is 0.132 e. The highest BCUT2D eigenvalue weighted by atomic mass is 19.1. The minimum Gasteiger partial charge on any atom is -0.206 e. The van der Waals surface area contributed by atoms with Crippen LogP contribution in [-0.4, -0.2) is 0 Å². The number of benzene rings is 4. The molecule has 17 heavy (non-hydrogen) atoms. The molecule has 0 saturated carbocycles. The summed E-state index contributed by atoms with van der Waals surface area (Å²) < 4.78 is 13.4. The molecule has 0 saturated heterocycles. The van der Waals surface area contributed by atoms with E-state index >= 15 is 0 Å². The van der Waals surface area contributed by atoms with Crippen molar-refractivity contribution >= 4 is 32.3 Å². The maximum atomic E-state index is 13.4. The molecule has 0 unspecified atom stereocenters. The van der Waals surface area contributed by atoms with E-state index < -0.39 is 0 Å². The van der Waals surface area contributed by atoms with Crippen LogP contribution in [0.5, 0.6) is 0 Å². The van der Waals surface area contributed by atoms with Gasteiger partial charge in [0.1, 0.15) is 5.82 Å². The van der Waals surface area contributed by atoms with Crippen molar-refractivity contribution in [2.75, 3.05) is 0 Å². The fourth-order valence-corrected chi connectivity index (χ4v) is 2.63. The zero-order chi connectivity index (χ0) is 11.4. The molecule has 4 aromatic carbocycles. The molecule has 79 valence electrons. The normalized spacial score (nSPS) is 11.8. The molecule has 4 aromatic rings. The molecule has 0 aliphatic heterocycles. The highest BCUT2D eigenvalue weighted by molar-refractivity contribution is 6.22. The van der Waals surface area contributed by atoms with Crippen molar-refractivity contribution in [2.45, 2.75) is 0 Å². The third kappa shape index (κ3) is 1.11. The minimum absolute atomic E-state index is 0.295. The van der Waals surface area contributed by atoms with Crippen LogP contribution >= 0.6 is 0 Å². The molecular formula is C16H8F. The van der Waals surface area contributed by atoms with Gasteiger partial charge in [-0.05, 0) is 38.4 Å². The summed E-state index contributed by atoms with van der Waals surface area (Å²) in [5.41, 5.74) is 0. The van der Waals surface area contributed by atoms with E-state index in [1.807, 2.05) is 30.3 Å². The van der Waals surface area contributed by atoms with E-state index in [2.05, 4.69) is 18.2 Å². The van der Waals surface area contributed by atoms with Gasteiger partial charge in [0.15, 0.2) is 0 Å². The lowest BCUT2D eigenvalue weighted by Crippen LogP contribution is -1.85. The Labute approximate surface area is 97.6 Å². The van der Waals surface area contributed by atoms with E-state index in [-0.39, 0.29) is 5.82 Å². The van der Waals surface area contributed by atoms with Crippen molar-refractivity contribution in [3.63, 3.8) is 0 Å². The molecule has 0 aliphatic carbocycles. The lowest BCUT2D eigenvalue weighted by Gasteiger charge is -2.09. The van der Waals surface area contributed by atoms with Gasteiger partial charge in [-0.1, -0.05) is 42.5 Å². The van der Waals surface area contributed by atoms with Gasteiger partial charge in [-0.2, -0.15) is 0 Å². The van der Waals surface area contributed by atoms with Crippen molar-refractivity contribution in [3.8, 4) is 0 Å². The van der Waals surface area contributed by atoms with E-state index in [1.165, 1.54) is 16.2 Å². The SMILES string of the molecule is Fc1[c]c2ccc3cccc4ccc(c1)c2c34. The van der Waals surface area contributed by atoms with Gasteiger partial charge in [-0.15, -0.1) is 0 Å². The van der Waals surface area contributed by atoms with E-state index in [0.29, 0.717) is 0 Å². The summed E-state index contributed by atoms with van der Waals surface area (Å²) in [5.74, 6) is -0.295. The van der Waals surface area contributed by atoms with Crippen molar-refractivity contribution in [2.24, 2.45) is 0 Å². The maximum absolute atomic E-state index is 13.4. The summed E-state index contributed by atoms with van der Waals surface area (Å²) in [6.07, 6.45) is 0. The van der Waals surface area contributed by atoms with Gasteiger partial charge >= 0.3 is 0 Å². The molecular weight excluding hydrogens is 211 g/mol. The van der Waals surface area contributed by atoms with Crippen LogP contribution < -0.4 is 0 Å². The molecule has 0 aliphatic rings. The Balaban J connectivity index is 2.45. The summed E-state index contributed by atoms with van der Waals surface area (Å²) in [5, 5.41) is 6.51. The van der Waals surface area contributed by atoms with Gasteiger partial charge in [0.25, 0.3) is 0 Å². The first kappa shape index (κ1) is 8.94. The monoisotopic (exact) mass is 219 g/mol. The van der Waals surface area contributed by atoms with Crippen LogP contribution in [0.25, 0.3) is 32.3 Å². The summed E-state index contributed by atoms with van der Waals surface area (Å²) in [6.45, 7) is 0. The number of hydrogen-bond donors (Lipinski definition) is 0. The fraction of sp³-hybridized carbons (Fsp3) is 0. The van der Waals surface area contributed by atoms with E-state index in [4.69, 9.17) is 0 Å². The minimum atomic E-state index is -0.295. The fourth-order valence-electron chi connectivity index (χ4n) is 2.63. The predicted octanol–water partition coefficient (Wildman–Crippen LogP) is 4.52. The van der Waals surface area contributed by atoms with E-state index in [1.54, 1.807) is 6.07 Å². The zero-order valence-electron chi connectivity index (χ0n) is 9.00. The Hall–Kier alpha value is -2.15. The standard InChI is InChI=1S/C16H8F/c17-14-8-12-6-4-10-2-1-3-11-5-7-13(9-14)16(12)15(10)11/h1-8H. The van der Waals surface area contributed by atoms with Crippen LogP contribution in [-0.2, 0) is 0 Å². The molecule has 0 nitrogen and oxygen atoms in total. The Bertz CT molecular complexity index is 782. The van der Waals surface area contributed by atoms with E-state index in [0.717, 1.165) is 16.2 Å². The Morgan fingerprint density at radius 3 is 2.29 bits per heavy atom. The van der Waals surface area contributed by atoms with Crippen molar-refractivity contribution in [3.05, 3.63) is 60.4 Å². The molecule has 0 heterocycles. The zero-order valence-corrected chi connectivity index (χ0v) is 9.00. The van der Waals surface area contributed by atoms with Gasteiger partial charge in [0, 0.05) is 6.07 Å². The van der Waals surface area contributed by atoms with Crippen LogP contribution in [0.1, 0.15) is 0 Å². The van der Waals surface area contributed by atoms with Crippen molar-refractivity contribution < 1.29 is 4.39 Å². The number of rotatable bonds is 0. The third-order valence-corrected chi connectivity index (χ3v) is 3.35. The first-order valence-electron chi connectivity index (χ1n) is 5.58. The highest BCUT2D eigenvalue weighted by Gasteiger charge is 2.08. The molecule has 0 fully saturated rings. The first-order valence-corrected chi connectivity index (χ1v) is 5.58. The van der Waals surface area contributed by atoms with Gasteiger partial charge in [0.05, 0.1) is 0 Å². The van der Waals surface area contributed by atoms with Crippen molar-refractivity contribution in [1.82, 2.24) is 0 Å². The summed E-state index contributed by atoms with van der Waals surface area (Å²) in [4.78, 5) is 0. The molecule has 0 N–H and O–H groups in total. The average molecular weight is 219 g/mol. The Kier molecular flexibility index (Phi) is 1.55. The molecule has 0 spiro atoms. The number of halogens is 1. The number of hydrogen-bond acceptors (Lipinski definition) is 0. The Morgan fingerprint density at radius 1 is 0.765 bits per heavy atom. The third-order valence-electron chi connectivity index (χ3n) is 3.35. The molecule has 0 atom stereocenters. The summed E-state index contributed by atoms with van der Waals surface area (Å²) in [7, 11) is 0. The van der Waals surface area contributed by atoms with Crippen LogP contribution in [0.2, 0.25) is 0 Å². The van der Waals surface area contributed by atoms with Crippen molar-refractivity contribution in [1.29, 1.82) is 0 Å². The molecule has 0 amide bonds. The average Bonchev–Trinajstić information content (AvgIpc) is 2.35. The lowest BCUT2D eigenvalue weighted by atomic mass is 9.94. The predicted molar refractivity (Wildman–Crippen MR) is 68.9 cm³/mol. The second kappa shape index (κ2) is 2.95. The van der Waals surface area contributed by atoms with Gasteiger partial charge in [-0.25, -0.2) is 4.39 Å². The highest BCUT2D eigenvalue weighted by Crippen LogP contribution is 2.34. The Morgan fingerprint density at radius 2 is 1.47 bits per heavy atom. The summed E-state index contributed by atoms with van der Waals surface area (Å²) in [6, 6.07) is 18.5. The quantitative estimate of drug-likeness (QED) is 0.381. The van der Waals surface area contributed by atoms with Crippen LogP contribution in [0.3, 0.4) is 0 Å². The van der Waals surface area contributed by atoms with Crippen LogP contribution in [0, 0.1) is 11.9 Å². The topological polar surface area (TPSA) is 0 Å². The van der Waals surface area contributed by atoms with E-state index in [9.17, 15) is 4.39 Å². The largest absolute Gasteiger partial charge is 0.206 e. The first-order chi connectivity index (χ1) is 8.33. The van der Waals surface area contributed by atoms with Crippen LogP contribution in [0.15, 0.2) is 48.5 Å². The smallest absolute Gasteiger partial charge is 0.132 e. The van der Waals surface area contributed by atoms with Gasteiger partial charge in [0.2, 0.25) is 0 Å². The summed E-state index contributed by atoms with van der Waals surface area (Å²) >= 11 is 0. The van der Waals surface area contributed by atoms with Gasteiger partial charge in [-0.3, -0.25) is 0 Å². The second-order valence-corrected chi connectivity index (χ2v) is 4.34. The second-order valence-electron chi connectivity index (χ2n) is 4.34. The van der Waals surface area contributed by atoms with Gasteiger partial charge < -0.3 is 0 Å². The van der Waals surface area contributed by atoms with Crippen LogP contribution in [0.4, 0.5) is 4.39 Å². The molecule has 1 heteroatoms. The molecule has 0 aromatic heterocycles. The lowest BCUT2D eigenvalue weighted by molar-refractivity contribution is 0.629. The molecule has 4 rings (SSSR count). The molecule has 0 bridgehead atoms.